The van der Waals surface area contributed by atoms with Crippen molar-refractivity contribution < 1.29 is 9.72 Å². The number of H-pyrrole nitrogens is 1. The predicted octanol–water partition coefficient (Wildman–Crippen LogP) is 6.25. The molecular weight excluding hydrogens is 516 g/mol. The zero-order chi connectivity index (χ0) is 28.3. The number of non-ortho nitro benzene ring substituents is 1. The van der Waals surface area contributed by atoms with Gasteiger partial charge in [-0.3, -0.25) is 14.9 Å². The third-order valence-electron chi connectivity index (χ3n) is 7.75. The van der Waals surface area contributed by atoms with Crippen LogP contribution in [0.2, 0.25) is 0 Å². The molecule has 2 aliphatic heterocycles. The number of nitrogens with zero attached hydrogens (tertiary/aromatic N) is 3. The molecule has 3 N–H and O–H groups in total. The van der Waals surface area contributed by atoms with E-state index in [1.54, 1.807) is 6.07 Å². The summed E-state index contributed by atoms with van der Waals surface area (Å²) in [5, 5.41) is 17.9. The van der Waals surface area contributed by atoms with E-state index in [9.17, 15) is 14.9 Å². The lowest BCUT2D eigenvalue weighted by molar-refractivity contribution is -0.384. The van der Waals surface area contributed by atoms with E-state index in [1.807, 2.05) is 49.5 Å². The standard InChI is InChI=1S/C32H32N6O3/c1-21-33-20-29(34-21)23-10-12-25(13-11-23)35-31(30-27-19-26(38(40)41)14-15-28(27)36-32(30)39)24-8-6-22(7-9-24)5-4-18-37-16-2-3-17-37/h6-15,19-20,35H,2-5,16-18H2,1H3,(H,33,34)(H,36,39)/b31-30-. The summed E-state index contributed by atoms with van der Waals surface area (Å²) >= 11 is 0. The molecule has 3 heterocycles. The average Bonchev–Trinajstić information content (AvgIpc) is 3.72. The van der Waals surface area contributed by atoms with Crippen LogP contribution in [-0.4, -0.2) is 45.3 Å². The van der Waals surface area contributed by atoms with Gasteiger partial charge in [-0.05, 0) is 81.6 Å². The first-order chi connectivity index (χ1) is 19.9. The molecule has 0 atom stereocenters. The van der Waals surface area contributed by atoms with Gasteiger partial charge in [0.1, 0.15) is 5.82 Å². The topological polar surface area (TPSA) is 116 Å². The summed E-state index contributed by atoms with van der Waals surface area (Å²) in [7, 11) is 0. The highest BCUT2D eigenvalue weighted by atomic mass is 16.6. The second kappa shape index (κ2) is 11.4. The van der Waals surface area contributed by atoms with Crippen LogP contribution in [-0.2, 0) is 11.2 Å². The maximum Gasteiger partial charge on any atom is 0.270 e. The van der Waals surface area contributed by atoms with Crippen LogP contribution in [0.3, 0.4) is 0 Å². The summed E-state index contributed by atoms with van der Waals surface area (Å²) in [6, 6.07) is 20.5. The molecule has 0 bridgehead atoms. The van der Waals surface area contributed by atoms with Crippen molar-refractivity contribution >= 4 is 34.2 Å². The number of likely N-dealkylation sites (tertiary alicyclic amines) is 1. The second-order valence-corrected chi connectivity index (χ2v) is 10.6. The first-order valence-electron chi connectivity index (χ1n) is 14.0. The molecule has 6 rings (SSSR count). The first-order valence-corrected chi connectivity index (χ1v) is 14.0. The SMILES string of the molecule is Cc1nc(-c2ccc(N/C(=C3\C(=O)Nc4ccc([N+](=O)[O-])cc43)c3ccc(CCCN4CCCC4)cc3)cc2)c[nH]1. The lowest BCUT2D eigenvalue weighted by Gasteiger charge is -2.16. The molecule has 1 saturated heterocycles. The van der Waals surface area contributed by atoms with Gasteiger partial charge in [-0.25, -0.2) is 4.98 Å². The Hall–Kier alpha value is -4.76. The van der Waals surface area contributed by atoms with Gasteiger partial charge in [0, 0.05) is 40.8 Å². The summed E-state index contributed by atoms with van der Waals surface area (Å²) in [6.45, 7) is 5.42. The molecule has 0 spiro atoms. The van der Waals surface area contributed by atoms with Crippen molar-refractivity contribution in [2.24, 2.45) is 0 Å². The van der Waals surface area contributed by atoms with Crippen LogP contribution >= 0.6 is 0 Å². The van der Waals surface area contributed by atoms with Crippen LogP contribution in [0, 0.1) is 17.0 Å². The normalized spacial score (nSPS) is 16.0. The van der Waals surface area contributed by atoms with Crippen LogP contribution in [0.5, 0.6) is 0 Å². The van der Waals surface area contributed by atoms with Gasteiger partial charge in [-0.15, -0.1) is 0 Å². The van der Waals surface area contributed by atoms with Gasteiger partial charge >= 0.3 is 0 Å². The van der Waals surface area contributed by atoms with Gasteiger partial charge in [0.05, 0.1) is 21.9 Å². The zero-order valence-corrected chi connectivity index (χ0v) is 22.9. The monoisotopic (exact) mass is 548 g/mol. The first kappa shape index (κ1) is 26.5. The number of nitrogens with one attached hydrogen (secondary N) is 3. The smallest absolute Gasteiger partial charge is 0.270 e. The van der Waals surface area contributed by atoms with E-state index < -0.39 is 4.92 Å². The van der Waals surface area contributed by atoms with E-state index in [0.717, 1.165) is 47.7 Å². The Bertz CT molecular complexity index is 1620. The lowest BCUT2D eigenvalue weighted by atomic mass is 9.98. The van der Waals surface area contributed by atoms with E-state index in [-0.39, 0.29) is 11.6 Å². The quantitative estimate of drug-likeness (QED) is 0.129. The summed E-state index contributed by atoms with van der Waals surface area (Å²) in [5.74, 6) is 0.537. The number of hydrogen-bond donors (Lipinski definition) is 3. The van der Waals surface area contributed by atoms with Gasteiger partial charge in [-0.2, -0.15) is 0 Å². The molecule has 2 aliphatic rings. The zero-order valence-electron chi connectivity index (χ0n) is 22.9. The lowest BCUT2D eigenvalue weighted by Crippen LogP contribution is -2.20. The fraction of sp³-hybridized carbons (Fsp3) is 0.250. The Morgan fingerprint density at radius 2 is 1.80 bits per heavy atom. The number of nitro benzene ring substituents is 1. The minimum Gasteiger partial charge on any atom is -0.354 e. The van der Waals surface area contributed by atoms with Gasteiger partial charge in [-0.1, -0.05) is 36.4 Å². The predicted molar refractivity (Wildman–Crippen MR) is 161 cm³/mol. The van der Waals surface area contributed by atoms with Gasteiger partial charge in [0.2, 0.25) is 0 Å². The van der Waals surface area contributed by atoms with Crippen molar-refractivity contribution in [3.8, 4) is 11.3 Å². The number of nitro groups is 1. The highest BCUT2D eigenvalue weighted by Crippen LogP contribution is 2.39. The number of aryl methyl sites for hydroxylation is 2. The fourth-order valence-corrected chi connectivity index (χ4v) is 5.58. The van der Waals surface area contributed by atoms with Crippen molar-refractivity contribution in [1.29, 1.82) is 0 Å². The molecule has 41 heavy (non-hydrogen) atoms. The third kappa shape index (κ3) is 5.76. The Kier molecular flexibility index (Phi) is 7.35. The van der Waals surface area contributed by atoms with Gasteiger partial charge in [0.15, 0.2) is 0 Å². The van der Waals surface area contributed by atoms with Crippen LogP contribution in [0.15, 0.2) is 72.9 Å². The highest BCUT2D eigenvalue weighted by molar-refractivity contribution is 6.37. The number of anilines is 2. The Labute approximate surface area is 238 Å². The number of aromatic nitrogens is 2. The molecule has 1 fully saturated rings. The molecule has 208 valence electrons. The Balaban J connectivity index is 1.33. The summed E-state index contributed by atoms with van der Waals surface area (Å²) in [5.41, 5.74) is 6.62. The summed E-state index contributed by atoms with van der Waals surface area (Å²) in [6.07, 6.45) is 6.55. The number of imidazole rings is 1. The van der Waals surface area contributed by atoms with Crippen molar-refractivity contribution in [3.63, 3.8) is 0 Å². The number of benzene rings is 3. The third-order valence-corrected chi connectivity index (χ3v) is 7.75. The van der Waals surface area contributed by atoms with Crippen LogP contribution in [0.1, 0.15) is 41.8 Å². The van der Waals surface area contributed by atoms with E-state index >= 15 is 0 Å². The van der Waals surface area contributed by atoms with Crippen molar-refractivity contribution in [1.82, 2.24) is 14.9 Å². The number of hydrogen-bond acceptors (Lipinski definition) is 6. The molecule has 9 heteroatoms. The van der Waals surface area contributed by atoms with E-state index in [0.29, 0.717) is 22.5 Å². The summed E-state index contributed by atoms with van der Waals surface area (Å²) < 4.78 is 0. The Morgan fingerprint density at radius 3 is 2.49 bits per heavy atom. The highest BCUT2D eigenvalue weighted by Gasteiger charge is 2.30. The van der Waals surface area contributed by atoms with Crippen molar-refractivity contribution in [2.45, 2.75) is 32.6 Å². The number of carbonyl (C=O) groups excluding carboxylic acids is 1. The molecule has 9 nitrogen and oxygen atoms in total. The summed E-state index contributed by atoms with van der Waals surface area (Å²) in [4.78, 5) is 34.5. The number of fused-ring (bicyclic) bond motifs is 1. The molecule has 3 aromatic carbocycles. The minimum atomic E-state index is -0.444. The number of aromatic amines is 1. The van der Waals surface area contributed by atoms with E-state index in [2.05, 4.69) is 37.6 Å². The molecule has 1 aromatic heterocycles. The van der Waals surface area contributed by atoms with Gasteiger partial charge < -0.3 is 20.5 Å². The van der Waals surface area contributed by atoms with E-state index in [1.165, 1.54) is 43.6 Å². The minimum absolute atomic E-state index is 0.0656. The van der Waals surface area contributed by atoms with Crippen LogP contribution in [0.4, 0.5) is 17.1 Å². The number of carbonyl (C=O) groups is 1. The van der Waals surface area contributed by atoms with Crippen LogP contribution in [0.25, 0.3) is 22.5 Å². The molecule has 0 unspecified atom stereocenters. The molecule has 1 amide bonds. The van der Waals surface area contributed by atoms with Crippen molar-refractivity contribution in [3.05, 3.63) is 106 Å². The molecule has 0 radical (unpaired) electrons. The molecule has 0 saturated carbocycles. The molecule has 0 aliphatic carbocycles. The van der Waals surface area contributed by atoms with E-state index in [4.69, 9.17) is 0 Å². The van der Waals surface area contributed by atoms with Gasteiger partial charge in [0.25, 0.3) is 11.6 Å². The Morgan fingerprint density at radius 1 is 1.05 bits per heavy atom. The molecule has 4 aromatic rings. The number of rotatable bonds is 9. The fourth-order valence-electron chi connectivity index (χ4n) is 5.58. The van der Waals surface area contributed by atoms with Crippen molar-refractivity contribution in [2.75, 3.05) is 30.3 Å². The maximum absolute atomic E-state index is 13.3. The second-order valence-electron chi connectivity index (χ2n) is 10.6. The molecular formula is C32H32N6O3. The maximum atomic E-state index is 13.3. The largest absolute Gasteiger partial charge is 0.354 e. The van der Waals surface area contributed by atoms with Crippen LogP contribution < -0.4 is 10.6 Å². The number of amides is 1. The average molecular weight is 549 g/mol.